The van der Waals surface area contributed by atoms with E-state index in [1.54, 1.807) is 6.92 Å². The second kappa shape index (κ2) is 7.92. The van der Waals surface area contributed by atoms with Gasteiger partial charge in [-0.3, -0.25) is 0 Å². The van der Waals surface area contributed by atoms with Crippen molar-refractivity contribution in [3.63, 3.8) is 0 Å². The summed E-state index contributed by atoms with van der Waals surface area (Å²) < 4.78 is 5.53. The van der Waals surface area contributed by atoms with Crippen molar-refractivity contribution < 1.29 is 19.4 Å². The molecule has 2 atom stereocenters. The lowest BCUT2D eigenvalue weighted by atomic mass is 10.1. The zero-order chi connectivity index (χ0) is 13.4. The van der Waals surface area contributed by atoms with Gasteiger partial charge in [-0.2, -0.15) is 0 Å². The monoisotopic (exact) mass is 258 g/mol. The second-order valence-corrected chi connectivity index (χ2v) is 4.48. The number of urea groups is 1. The fraction of sp³-hybridized carbons (Fsp3) is 0.833. The normalized spacial score (nSPS) is 21.1. The first kappa shape index (κ1) is 14.8. The Morgan fingerprint density at radius 1 is 1.44 bits per heavy atom. The van der Waals surface area contributed by atoms with Gasteiger partial charge in [-0.1, -0.05) is 6.92 Å². The minimum atomic E-state index is -1.01. The molecule has 0 bridgehead atoms. The van der Waals surface area contributed by atoms with Crippen molar-refractivity contribution in [1.82, 2.24) is 10.6 Å². The van der Waals surface area contributed by atoms with Gasteiger partial charge in [-0.05, 0) is 32.1 Å². The van der Waals surface area contributed by atoms with Crippen LogP contribution in [0.2, 0.25) is 0 Å². The number of amides is 2. The predicted molar refractivity (Wildman–Crippen MR) is 66.5 cm³/mol. The minimum absolute atomic E-state index is 0.223. The molecule has 0 spiro atoms. The highest BCUT2D eigenvalue weighted by Crippen LogP contribution is 2.14. The van der Waals surface area contributed by atoms with E-state index in [0.29, 0.717) is 13.0 Å². The van der Waals surface area contributed by atoms with Gasteiger partial charge in [0.15, 0.2) is 0 Å². The van der Waals surface area contributed by atoms with Gasteiger partial charge in [-0.15, -0.1) is 0 Å². The maximum absolute atomic E-state index is 11.4. The van der Waals surface area contributed by atoms with Gasteiger partial charge < -0.3 is 20.5 Å². The SMILES string of the molecule is CC[C@H](NC(=O)NCCC1CCCCO1)C(=O)O. The number of hydrogen-bond acceptors (Lipinski definition) is 3. The Hall–Kier alpha value is -1.30. The number of carboxylic acid groups (broad SMARTS) is 1. The van der Waals surface area contributed by atoms with Crippen LogP contribution in [0.1, 0.15) is 39.0 Å². The quantitative estimate of drug-likeness (QED) is 0.666. The third-order valence-corrected chi connectivity index (χ3v) is 3.04. The third kappa shape index (κ3) is 5.35. The van der Waals surface area contributed by atoms with Gasteiger partial charge in [0.1, 0.15) is 6.04 Å². The number of rotatable bonds is 6. The van der Waals surface area contributed by atoms with Crippen LogP contribution in [0.15, 0.2) is 0 Å². The molecule has 2 amide bonds. The lowest BCUT2D eigenvalue weighted by Gasteiger charge is -2.22. The summed E-state index contributed by atoms with van der Waals surface area (Å²) in [5.41, 5.74) is 0. The summed E-state index contributed by atoms with van der Waals surface area (Å²) in [4.78, 5) is 22.2. The molecule has 6 heteroatoms. The largest absolute Gasteiger partial charge is 0.480 e. The number of carbonyl (C=O) groups excluding carboxylic acids is 1. The Labute approximate surface area is 107 Å². The van der Waals surface area contributed by atoms with E-state index in [4.69, 9.17) is 9.84 Å². The number of carbonyl (C=O) groups is 2. The van der Waals surface area contributed by atoms with Gasteiger partial charge in [-0.25, -0.2) is 9.59 Å². The van der Waals surface area contributed by atoms with Crippen LogP contribution >= 0.6 is 0 Å². The Kier molecular flexibility index (Phi) is 6.49. The molecule has 1 saturated heterocycles. The highest BCUT2D eigenvalue weighted by atomic mass is 16.5. The third-order valence-electron chi connectivity index (χ3n) is 3.04. The molecule has 6 nitrogen and oxygen atoms in total. The van der Waals surface area contributed by atoms with Crippen LogP contribution in [0.25, 0.3) is 0 Å². The van der Waals surface area contributed by atoms with Crippen molar-refractivity contribution >= 4 is 12.0 Å². The first-order valence-electron chi connectivity index (χ1n) is 6.52. The van der Waals surface area contributed by atoms with Crippen molar-refractivity contribution in [1.29, 1.82) is 0 Å². The van der Waals surface area contributed by atoms with E-state index < -0.39 is 18.0 Å². The molecule has 1 heterocycles. The summed E-state index contributed by atoms with van der Waals surface area (Å²) in [5.74, 6) is -1.01. The average molecular weight is 258 g/mol. The van der Waals surface area contributed by atoms with Crippen LogP contribution in [-0.2, 0) is 9.53 Å². The maximum atomic E-state index is 11.4. The van der Waals surface area contributed by atoms with Gasteiger partial charge in [0.25, 0.3) is 0 Å². The van der Waals surface area contributed by atoms with E-state index in [0.717, 1.165) is 25.9 Å². The summed E-state index contributed by atoms with van der Waals surface area (Å²) in [6.45, 7) is 3.02. The summed E-state index contributed by atoms with van der Waals surface area (Å²) in [6, 6.07) is -1.25. The average Bonchev–Trinajstić information content (AvgIpc) is 2.37. The van der Waals surface area contributed by atoms with Gasteiger partial charge in [0, 0.05) is 13.2 Å². The fourth-order valence-electron chi connectivity index (χ4n) is 1.93. The Morgan fingerprint density at radius 3 is 2.78 bits per heavy atom. The molecule has 0 aliphatic carbocycles. The number of hydrogen-bond donors (Lipinski definition) is 3. The van der Waals surface area contributed by atoms with Crippen LogP contribution in [0.3, 0.4) is 0 Å². The molecule has 0 saturated carbocycles. The molecule has 1 unspecified atom stereocenters. The fourth-order valence-corrected chi connectivity index (χ4v) is 1.93. The van der Waals surface area contributed by atoms with E-state index in [-0.39, 0.29) is 6.10 Å². The Balaban J connectivity index is 2.14. The van der Waals surface area contributed by atoms with Crippen molar-refractivity contribution in [3.05, 3.63) is 0 Å². The summed E-state index contributed by atoms with van der Waals surface area (Å²) in [7, 11) is 0. The van der Waals surface area contributed by atoms with Crippen LogP contribution in [0, 0.1) is 0 Å². The highest BCUT2D eigenvalue weighted by molar-refractivity contribution is 5.82. The predicted octanol–water partition coefficient (Wildman–Crippen LogP) is 1.11. The smallest absolute Gasteiger partial charge is 0.326 e. The zero-order valence-electron chi connectivity index (χ0n) is 10.8. The molecule has 104 valence electrons. The van der Waals surface area contributed by atoms with Gasteiger partial charge in [0.2, 0.25) is 0 Å². The van der Waals surface area contributed by atoms with E-state index in [1.165, 1.54) is 6.42 Å². The van der Waals surface area contributed by atoms with Crippen LogP contribution in [0.4, 0.5) is 4.79 Å². The molecule has 0 aromatic rings. The lowest BCUT2D eigenvalue weighted by molar-refractivity contribution is -0.139. The first-order valence-corrected chi connectivity index (χ1v) is 6.52. The van der Waals surface area contributed by atoms with Gasteiger partial charge in [0.05, 0.1) is 6.10 Å². The van der Waals surface area contributed by atoms with Crippen LogP contribution in [-0.4, -0.2) is 42.4 Å². The molecule has 0 aromatic carbocycles. The molecule has 1 aliphatic rings. The highest BCUT2D eigenvalue weighted by Gasteiger charge is 2.18. The topological polar surface area (TPSA) is 87.7 Å². The standard InChI is InChI=1S/C12H22N2O4/c1-2-10(11(15)16)14-12(17)13-7-6-9-5-3-4-8-18-9/h9-10H,2-8H2,1H3,(H,15,16)(H2,13,14,17)/t9?,10-/m0/s1. The molecule has 1 aliphatic heterocycles. The van der Waals surface area contributed by atoms with Crippen LogP contribution in [0.5, 0.6) is 0 Å². The molecule has 0 radical (unpaired) electrons. The molecule has 1 rings (SSSR count). The number of nitrogens with one attached hydrogen (secondary N) is 2. The van der Waals surface area contributed by atoms with E-state index in [9.17, 15) is 9.59 Å². The number of ether oxygens (including phenoxy) is 1. The first-order chi connectivity index (χ1) is 8.63. The number of carboxylic acids is 1. The lowest BCUT2D eigenvalue weighted by Crippen LogP contribution is -2.46. The van der Waals surface area contributed by atoms with Crippen molar-refractivity contribution in [2.75, 3.05) is 13.2 Å². The van der Waals surface area contributed by atoms with Crippen LogP contribution < -0.4 is 10.6 Å². The number of aliphatic carboxylic acids is 1. The zero-order valence-corrected chi connectivity index (χ0v) is 10.8. The molecule has 0 aromatic heterocycles. The molecule has 18 heavy (non-hydrogen) atoms. The molecular formula is C12H22N2O4. The molecule has 3 N–H and O–H groups in total. The molecule has 1 fully saturated rings. The van der Waals surface area contributed by atoms with Gasteiger partial charge >= 0.3 is 12.0 Å². The van der Waals surface area contributed by atoms with Crippen molar-refractivity contribution in [2.45, 2.75) is 51.2 Å². The van der Waals surface area contributed by atoms with Crippen molar-refractivity contribution in [2.24, 2.45) is 0 Å². The molecular weight excluding hydrogens is 236 g/mol. The maximum Gasteiger partial charge on any atom is 0.326 e. The summed E-state index contributed by atoms with van der Waals surface area (Å²) in [6.07, 6.45) is 4.69. The Morgan fingerprint density at radius 2 is 2.22 bits per heavy atom. The van der Waals surface area contributed by atoms with E-state index in [2.05, 4.69) is 10.6 Å². The summed E-state index contributed by atoms with van der Waals surface area (Å²) >= 11 is 0. The minimum Gasteiger partial charge on any atom is -0.480 e. The van der Waals surface area contributed by atoms with E-state index >= 15 is 0 Å². The van der Waals surface area contributed by atoms with E-state index in [1.807, 2.05) is 0 Å². The Bertz CT molecular complexity index is 277. The summed E-state index contributed by atoms with van der Waals surface area (Å²) in [5, 5.41) is 13.9. The van der Waals surface area contributed by atoms with Crippen molar-refractivity contribution in [3.8, 4) is 0 Å². The second-order valence-electron chi connectivity index (χ2n) is 4.48.